The fourth-order valence-electron chi connectivity index (χ4n) is 5.99. The highest BCUT2D eigenvalue weighted by Crippen LogP contribution is 2.43. The van der Waals surface area contributed by atoms with Gasteiger partial charge in [0, 0.05) is 13.0 Å². The summed E-state index contributed by atoms with van der Waals surface area (Å²) in [6, 6.07) is 0. The Morgan fingerprint density at radius 2 is 1.55 bits per heavy atom. The Labute approximate surface area is 192 Å². The summed E-state index contributed by atoms with van der Waals surface area (Å²) in [5.74, 6) is -0.336. The lowest BCUT2D eigenvalue weighted by Crippen LogP contribution is -2.62. The van der Waals surface area contributed by atoms with E-state index in [0.717, 1.165) is 0 Å². The average molecular weight is 479 g/mol. The third-order valence-corrected chi connectivity index (χ3v) is 7.91. The van der Waals surface area contributed by atoms with Crippen LogP contribution in [-0.4, -0.2) is 123 Å². The fraction of sp³-hybridized carbons (Fsp3) is 1.00. The Bertz CT molecular complexity index is 635. The Morgan fingerprint density at radius 1 is 0.788 bits per heavy atom. The van der Waals surface area contributed by atoms with Crippen LogP contribution in [0.5, 0.6) is 0 Å². The number of ether oxygens (including phenoxy) is 4. The molecule has 192 valence electrons. The van der Waals surface area contributed by atoms with Gasteiger partial charge in [-0.2, -0.15) is 0 Å². The molecule has 33 heavy (non-hydrogen) atoms. The van der Waals surface area contributed by atoms with Crippen LogP contribution in [0.3, 0.4) is 0 Å². The van der Waals surface area contributed by atoms with Crippen molar-refractivity contribution in [1.82, 2.24) is 0 Å². The minimum Gasteiger partial charge on any atom is -0.394 e. The first-order valence-electron chi connectivity index (χ1n) is 11.9. The SMILES string of the molecule is COC1CC(C2OC3CC(O)CC(O)C3CC2O[C@H]2O[C@H](CO)[C@@H](O)[C@H](O)[C@H]2O)CCC1O. The number of hydrogen-bond donors (Lipinski definition) is 7. The summed E-state index contributed by atoms with van der Waals surface area (Å²) < 4.78 is 23.5. The molecule has 11 nitrogen and oxygen atoms in total. The molecule has 0 spiro atoms. The van der Waals surface area contributed by atoms with Gasteiger partial charge < -0.3 is 54.7 Å². The third kappa shape index (κ3) is 5.24. The summed E-state index contributed by atoms with van der Waals surface area (Å²) in [6.45, 7) is -0.563. The second-order valence-corrected chi connectivity index (χ2v) is 10.0. The molecule has 9 unspecified atom stereocenters. The van der Waals surface area contributed by atoms with Crippen molar-refractivity contribution in [2.45, 2.75) is 112 Å². The van der Waals surface area contributed by atoms with E-state index in [2.05, 4.69) is 0 Å². The number of aliphatic hydroxyl groups excluding tert-OH is 7. The van der Waals surface area contributed by atoms with Gasteiger partial charge >= 0.3 is 0 Å². The molecule has 2 aliphatic heterocycles. The predicted octanol–water partition coefficient (Wildman–Crippen LogP) is -2.36. The summed E-state index contributed by atoms with van der Waals surface area (Å²) >= 11 is 0. The molecule has 2 saturated heterocycles. The average Bonchev–Trinajstić information content (AvgIpc) is 2.79. The van der Waals surface area contributed by atoms with E-state index in [1.165, 1.54) is 0 Å². The van der Waals surface area contributed by atoms with E-state index < -0.39 is 67.8 Å². The molecule has 0 radical (unpaired) electrons. The van der Waals surface area contributed by atoms with E-state index in [4.69, 9.17) is 18.9 Å². The van der Waals surface area contributed by atoms with Crippen LogP contribution >= 0.6 is 0 Å². The number of rotatable bonds is 5. The normalized spacial score (nSPS) is 53.5. The van der Waals surface area contributed by atoms with E-state index in [0.29, 0.717) is 32.1 Å². The molecule has 4 aliphatic rings. The van der Waals surface area contributed by atoms with Gasteiger partial charge in [0.1, 0.15) is 24.4 Å². The largest absolute Gasteiger partial charge is 0.394 e. The molecule has 0 amide bonds. The number of hydrogen-bond acceptors (Lipinski definition) is 11. The molecule has 4 fully saturated rings. The van der Waals surface area contributed by atoms with Crippen molar-refractivity contribution in [2.24, 2.45) is 11.8 Å². The van der Waals surface area contributed by atoms with Crippen LogP contribution in [0.15, 0.2) is 0 Å². The molecular weight excluding hydrogens is 440 g/mol. The zero-order valence-electron chi connectivity index (χ0n) is 18.8. The lowest BCUT2D eigenvalue weighted by Gasteiger charge is -2.51. The van der Waals surface area contributed by atoms with Crippen molar-refractivity contribution in [3.8, 4) is 0 Å². The van der Waals surface area contributed by atoms with E-state index in [1.807, 2.05) is 0 Å². The summed E-state index contributed by atoms with van der Waals surface area (Å²) in [7, 11) is 1.55. The Balaban J connectivity index is 1.54. The van der Waals surface area contributed by atoms with Crippen molar-refractivity contribution in [3.05, 3.63) is 0 Å². The Kier molecular flexibility index (Phi) is 8.29. The smallest absolute Gasteiger partial charge is 0.187 e. The molecule has 14 atom stereocenters. The monoisotopic (exact) mass is 478 g/mol. The van der Waals surface area contributed by atoms with Crippen molar-refractivity contribution in [2.75, 3.05) is 13.7 Å². The van der Waals surface area contributed by atoms with Crippen molar-refractivity contribution in [1.29, 1.82) is 0 Å². The minimum absolute atomic E-state index is 0.0506. The van der Waals surface area contributed by atoms with Crippen LogP contribution in [0.2, 0.25) is 0 Å². The molecule has 0 aromatic rings. The summed E-state index contributed by atoms with van der Waals surface area (Å²) in [5.41, 5.74) is 0. The topological polar surface area (TPSA) is 179 Å². The molecule has 2 aliphatic carbocycles. The minimum atomic E-state index is -1.56. The predicted molar refractivity (Wildman–Crippen MR) is 111 cm³/mol. The lowest BCUT2D eigenvalue weighted by atomic mass is 9.72. The van der Waals surface area contributed by atoms with Crippen LogP contribution in [0, 0.1) is 11.8 Å². The van der Waals surface area contributed by atoms with Gasteiger partial charge in [-0.05, 0) is 44.4 Å². The van der Waals surface area contributed by atoms with Gasteiger partial charge in [0.2, 0.25) is 0 Å². The lowest BCUT2D eigenvalue weighted by molar-refractivity contribution is -0.333. The maximum Gasteiger partial charge on any atom is 0.187 e. The summed E-state index contributed by atoms with van der Waals surface area (Å²) in [4.78, 5) is 0. The molecule has 2 heterocycles. The van der Waals surface area contributed by atoms with Crippen molar-refractivity contribution >= 4 is 0 Å². The molecule has 2 saturated carbocycles. The van der Waals surface area contributed by atoms with Gasteiger partial charge in [-0.25, -0.2) is 0 Å². The van der Waals surface area contributed by atoms with Crippen LogP contribution < -0.4 is 0 Å². The summed E-state index contributed by atoms with van der Waals surface area (Å²) in [6.07, 6.45) is -8.13. The van der Waals surface area contributed by atoms with Gasteiger partial charge in [-0.1, -0.05) is 0 Å². The van der Waals surface area contributed by atoms with Crippen LogP contribution in [0.25, 0.3) is 0 Å². The molecule has 7 N–H and O–H groups in total. The summed E-state index contributed by atoms with van der Waals surface area (Å²) in [5, 5.41) is 71.1. The first kappa shape index (κ1) is 25.6. The molecule has 0 aromatic heterocycles. The highest BCUT2D eigenvalue weighted by molar-refractivity contribution is 4.99. The zero-order valence-corrected chi connectivity index (χ0v) is 18.8. The van der Waals surface area contributed by atoms with Gasteiger partial charge in [0.25, 0.3) is 0 Å². The highest BCUT2D eigenvalue weighted by atomic mass is 16.7. The number of methoxy groups -OCH3 is 1. The maximum absolute atomic E-state index is 10.6. The van der Waals surface area contributed by atoms with E-state index >= 15 is 0 Å². The van der Waals surface area contributed by atoms with E-state index in [-0.39, 0.29) is 30.5 Å². The van der Waals surface area contributed by atoms with E-state index in [1.54, 1.807) is 7.11 Å². The Hall–Kier alpha value is -0.440. The highest BCUT2D eigenvalue weighted by Gasteiger charge is 2.51. The fourth-order valence-corrected chi connectivity index (χ4v) is 5.99. The molecule has 0 bridgehead atoms. The van der Waals surface area contributed by atoms with Crippen LogP contribution in [0.4, 0.5) is 0 Å². The number of aliphatic hydroxyl groups is 7. The standard InChI is InChI=1S/C22H38O11/c1-30-15-4-9(2-3-12(15)25)21-16(7-11-13(26)5-10(24)6-14(11)31-21)32-22-20(29)19(28)18(27)17(8-23)33-22/h9-29H,2-8H2,1H3/t9?,10?,11?,12?,13?,14?,15?,16?,17-,18-,19+,20-,21?,22+/m1/s1. The van der Waals surface area contributed by atoms with Crippen molar-refractivity contribution < 1.29 is 54.7 Å². The second kappa shape index (κ2) is 10.7. The van der Waals surface area contributed by atoms with Gasteiger partial charge in [-0.3, -0.25) is 0 Å². The maximum atomic E-state index is 10.6. The first-order chi connectivity index (χ1) is 15.7. The second-order valence-electron chi connectivity index (χ2n) is 10.0. The number of fused-ring (bicyclic) bond motifs is 1. The molecule has 0 aromatic carbocycles. The quantitative estimate of drug-likeness (QED) is 0.225. The zero-order chi connectivity index (χ0) is 23.9. The third-order valence-electron chi connectivity index (χ3n) is 7.91. The van der Waals surface area contributed by atoms with Gasteiger partial charge in [0.15, 0.2) is 6.29 Å². The van der Waals surface area contributed by atoms with Crippen molar-refractivity contribution in [3.63, 3.8) is 0 Å². The van der Waals surface area contributed by atoms with E-state index in [9.17, 15) is 35.7 Å². The van der Waals surface area contributed by atoms with Gasteiger partial charge in [0.05, 0.1) is 49.3 Å². The first-order valence-corrected chi connectivity index (χ1v) is 11.9. The van der Waals surface area contributed by atoms with Crippen LogP contribution in [0.1, 0.15) is 38.5 Å². The molecule has 4 rings (SSSR count). The van der Waals surface area contributed by atoms with Crippen LogP contribution in [-0.2, 0) is 18.9 Å². The Morgan fingerprint density at radius 3 is 2.24 bits per heavy atom. The molecule has 11 heteroatoms. The van der Waals surface area contributed by atoms with Gasteiger partial charge in [-0.15, -0.1) is 0 Å². The molecular formula is C22H38O11.